The van der Waals surface area contributed by atoms with E-state index in [1.54, 1.807) is 37.2 Å². The van der Waals surface area contributed by atoms with Crippen LogP contribution in [-0.4, -0.2) is 51.3 Å². The molecule has 0 aliphatic heterocycles. The van der Waals surface area contributed by atoms with E-state index < -0.39 is 6.04 Å². The largest absolute Gasteiger partial charge is 0.398 e. The van der Waals surface area contributed by atoms with Gasteiger partial charge in [0.2, 0.25) is 11.7 Å². The van der Waals surface area contributed by atoms with Crippen molar-refractivity contribution >= 4 is 17.4 Å². The van der Waals surface area contributed by atoms with Gasteiger partial charge < -0.3 is 20.5 Å². The number of benzene rings is 1. The summed E-state index contributed by atoms with van der Waals surface area (Å²) in [6.07, 6.45) is 4.47. The summed E-state index contributed by atoms with van der Waals surface area (Å²) >= 11 is 0. The molecule has 3 aromatic rings. The number of ketones is 1. The second-order valence-corrected chi connectivity index (χ2v) is 8.73. The number of aryl methyl sites for hydroxylation is 1. The first-order valence-electron chi connectivity index (χ1n) is 12.3. The molecular weight excluding hydrogens is 468 g/mol. The van der Waals surface area contributed by atoms with Crippen LogP contribution in [0.15, 0.2) is 59.7 Å². The minimum Gasteiger partial charge on any atom is -0.398 e. The fraction of sp³-hybridized carbons (Fsp3) is 0.321. The molecule has 0 spiro atoms. The molecule has 0 saturated carbocycles. The highest BCUT2D eigenvalue weighted by Gasteiger charge is 2.21. The Hall–Kier alpha value is -4.11. The molecule has 2 heterocycles. The van der Waals surface area contributed by atoms with Crippen molar-refractivity contribution < 1.29 is 11.0 Å². The van der Waals surface area contributed by atoms with Gasteiger partial charge in [0.15, 0.2) is 0 Å². The minimum absolute atomic E-state index is 0. The predicted octanol–water partition coefficient (Wildman–Crippen LogP) is 3.19. The van der Waals surface area contributed by atoms with Gasteiger partial charge in [0.25, 0.3) is 5.56 Å². The number of pyridine rings is 1. The first-order valence-corrected chi connectivity index (χ1v) is 12.3. The molecule has 2 aromatic heterocycles. The SMILES string of the molecule is CCN(CC)C(=O)C(C)n1cc(-c2cnc(C)c(C(=O)C=C(N)c3ccc(CNC)cc3)n2)ccc1=O.[HH]. The number of nitrogens with one attached hydrogen (secondary N) is 1. The molecule has 37 heavy (non-hydrogen) atoms. The van der Waals surface area contributed by atoms with E-state index in [1.807, 2.05) is 45.2 Å². The lowest BCUT2D eigenvalue weighted by atomic mass is 10.1. The quantitative estimate of drug-likeness (QED) is 0.321. The molecule has 1 unspecified atom stereocenters. The summed E-state index contributed by atoms with van der Waals surface area (Å²) < 4.78 is 1.38. The Morgan fingerprint density at radius 1 is 1.16 bits per heavy atom. The van der Waals surface area contributed by atoms with Crippen LogP contribution >= 0.6 is 0 Å². The van der Waals surface area contributed by atoms with E-state index in [-0.39, 0.29) is 24.4 Å². The molecule has 9 heteroatoms. The van der Waals surface area contributed by atoms with Crippen LogP contribution in [0.25, 0.3) is 17.0 Å². The lowest BCUT2D eigenvalue weighted by molar-refractivity contribution is -0.133. The fourth-order valence-electron chi connectivity index (χ4n) is 4.01. The van der Waals surface area contributed by atoms with Crippen LogP contribution in [0.4, 0.5) is 0 Å². The van der Waals surface area contributed by atoms with Gasteiger partial charge in [-0.2, -0.15) is 0 Å². The molecule has 0 radical (unpaired) electrons. The summed E-state index contributed by atoms with van der Waals surface area (Å²) in [4.78, 5) is 49.1. The molecule has 0 aliphatic rings. The Balaban J connectivity index is 0.00000507. The highest BCUT2D eigenvalue weighted by molar-refractivity contribution is 6.07. The number of aromatic nitrogens is 3. The zero-order valence-electron chi connectivity index (χ0n) is 22.0. The van der Waals surface area contributed by atoms with Gasteiger partial charge in [0.05, 0.1) is 17.6 Å². The molecule has 0 fully saturated rings. The summed E-state index contributed by atoms with van der Waals surface area (Å²) in [6.45, 7) is 9.04. The van der Waals surface area contributed by atoms with Crippen LogP contribution in [0, 0.1) is 6.92 Å². The van der Waals surface area contributed by atoms with E-state index in [0.717, 1.165) is 17.7 Å². The Labute approximate surface area is 218 Å². The topological polar surface area (TPSA) is 123 Å². The number of amides is 1. The number of rotatable bonds is 10. The van der Waals surface area contributed by atoms with Crippen LogP contribution in [0.5, 0.6) is 0 Å². The summed E-state index contributed by atoms with van der Waals surface area (Å²) in [5.41, 5.74) is 9.66. The van der Waals surface area contributed by atoms with Gasteiger partial charge in [-0.3, -0.25) is 19.4 Å². The van der Waals surface area contributed by atoms with E-state index in [9.17, 15) is 14.4 Å². The minimum atomic E-state index is -0.686. The van der Waals surface area contributed by atoms with Crippen LogP contribution in [-0.2, 0) is 11.3 Å². The van der Waals surface area contributed by atoms with Crippen LogP contribution in [0.3, 0.4) is 0 Å². The summed E-state index contributed by atoms with van der Waals surface area (Å²) in [6, 6.07) is 9.94. The third-order valence-electron chi connectivity index (χ3n) is 6.23. The summed E-state index contributed by atoms with van der Waals surface area (Å²) in [5, 5.41) is 3.09. The van der Waals surface area contributed by atoms with E-state index in [0.29, 0.717) is 35.7 Å². The molecule has 0 aliphatic carbocycles. The Morgan fingerprint density at radius 3 is 2.46 bits per heavy atom. The third kappa shape index (κ3) is 6.37. The van der Waals surface area contributed by atoms with Gasteiger partial charge in [-0.15, -0.1) is 0 Å². The van der Waals surface area contributed by atoms with Gasteiger partial charge in [0.1, 0.15) is 11.7 Å². The zero-order chi connectivity index (χ0) is 27.1. The van der Waals surface area contributed by atoms with Crippen LogP contribution < -0.4 is 16.6 Å². The fourth-order valence-corrected chi connectivity index (χ4v) is 4.01. The zero-order valence-corrected chi connectivity index (χ0v) is 22.0. The summed E-state index contributed by atoms with van der Waals surface area (Å²) in [5.74, 6) is -0.517. The average molecular weight is 505 g/mol. The third-order valence-corrected chi connectivity index (χ3v) is 6.23. The van der Waals surface area contributed by atoms with Crippen LogP contribution in [0.1, 0.15) is 55.5 Å². The number of carbonyl (C=O) groups is 2. The van der Waals surface area contributed by atoms with E-state index in [4.69, 9.17) is 5.73 Å². The maximum atomic E-state index is 13.1. The van der Waals surface area contributed by atoms with Crippen molar-refractivity contribution in [2.24, 2.45) is 5.73 Å². The second-order valence-electron chi connectivity index (χ2n) is 8.73. The van der Waals surface area contributed by atoms with Gasteiger partial charge in [0, 0.05) is 50.7 Å². The van der Waals surface area contributed by atoms with E-state index >= 15 is 0 Å². The van der Waals surface area contributed by atoms with Gasteiger partial charge >= 0.3 is 0 Å². The molecule has 9 nitrogen and oxygen atoms in total. The number of carbonyl (C=O) groups excluding carboxylic acids is 2. The number of hydrogen-bond acceptors (Lipinski definition) is 7. The van der Waals surface area contributed by atoms with Crippen molar-refractivity contribution in [3.63, 3.8) is 0 Å². The maximum Gasteiger partial charge on any atom is 0.251 e. The number of nitrogens with two attached hydrogens (primary N) is 1. The number of nitrogens with zero attached hydrogens (tertiary/aromatic N) is 4. The molecule has 0 bridgehead atoms. The number of likely N-dealkylation sites (N-methyl/N-ethyl adjacent to an activating group) is 1. The average Bonchev–Trinajstić information content (AvgIpc) is 2.90. The molecular formula is C28H36N6O3. The van der Waals surface area contributed by atoms with Crippen molar-refractivity contribution in [1.82, 2.24) is 24.8 Å². The van der Waals surface area contributed by atoms with Crippen molar-refractivity contribution in [3.8, 4) is 11.3 Å². The molecule has 0 saturated heterocycles. The van der Waals surface area contributed by atoms with Gasteiger partial charge in [-0.1, -0.05) is 24.3 Å². The molecule has 1 amide bonds. The van der Waals surface area contributed by atoms with Crippen molar-refractivity contribution in [2.75, 3.05) is 20.1 Å². The lowest BCUT2D eigenvalue weighted by Crippen LogP contribution is -2.38. The highest BCUT2D eigenvalue weighted by Crippen LogP contribution is 2.20. The normalized spacial score (nSPS) is 12.3. The maximum absolute atomic E-state index is 13.1. The Bertz CT molecular complexity index is 1360. The predicted molar refractivity (Wildman–Crippen MR) is 147 cm³/mol. The summed E-state index contributed by atoms with van der Waals surface area (Å²) in [7, 11) is 1.87. The van der Waals surface area contributed by atoms with Gasteiger partial charge in [-0.25, -0.2) is 4.98 Å². The molecule has 1 aromatic carbocycles. The first-order chi connectivity index (χ1) is 17.7. The Kier molecular flexibility index (Phi) is 9.08. The van der Waals surface area contributed by atoms with Crippen molar-refractivity contribution in [1.29, 1.82) is 0 Å². The smallest absolute Gasteiger partial charge is 0.251 e. The monoisotopic (exact) mass is 504 g/mol. The number of hydrogen-bond donors (Lipinski definition) is 2. The standard InChI is InChI=1S/C28H34N6O3.H2/c1-6-33(7-2)28(37)19(4)34-17-22(12-13-26(34)36)24-16-31-18(3)27(32-24)25(35)14-23(29)21-10-8-20(9-11-21)15-30-5;/h8-14,16-17,19,30H,6-7,15,29H2,1-5H3;1H. The Morgan fingerprint density at radius 2 is 1.84 bits per heavy atom. The van der Waals surface area contributed by atoms with E-state index in [1.165, 1.54) is 16.7 Å². The van der Waals surface area contributed by atoms with Crippen molar-refractivity contribution in [3.05, 3.63) is 87.7 Å². The number of allylic oxidation sites excluding steroid dienone is 1. The van der Waals surface area contributed by atoms with Crippen molar-refractivity contribution in [2.45, 2.75) is 40.3 Å². The lowest BCUT2D eigenvalue weighted by Gasteiger charge is -2.24. The highest BCUT2D eigenvalue weighted by atomic mass is 16.2. The molecule has 1 atom stereocenters. The molecule has 196 valence electrons. The second kappa shape index (κ2) is 12.2. The van der Waals surface area contributed by atoms with Gasteiger partial charge in [-0.05, 0) is 51.9 Å². The van der Waals surface area contributed by atoms with E-state index in [2.05, 4.69) is 15.3 Å². The first kappa shape index (κ1) is 27.5. The molecule has 3 N–H and O–H groups in total. The molecule has 3 rings (SSSR count). The van der Waals surface area contributed by atoms with Crippen LogP contribution in [0.2, 0.25) is 0 Å².